The van der Waals surface area contributed by atoms with Gasteiger partial charge in [-0.1, -0.05) is 61.0 Å². The van der Waals surface area contributed by atoms with Crippen LogP contribution in [0, 0.1) is 13.8 Å². The molecule has 0 heterocycles. The molecule has 2 aromatic rings. The lowest BCUT2D eigenvalue weighted by Gasteiger charge is -2.28. The molecule has 0 unspecified atom stereocenters. The summed E-state index contributed by atoms with van der Waals surface area (Å²) in [5, 5.41) is 3.05. The Morgan fingerprint density at radius 1 is 1.11 bits per heavy atom. The van der Waals surface area contributed by atoms with Gasteiger partial charge in [-0.3, -0.25) is 4.79 Å². The maximum absolute atomic E-state index is 13.1. The van der Waals surface area contributed by atoms with Crippen LogP contribution in [0.4, 0.5) is 0 Å². The lowest BCUT2D eigenvalue weighted by Crippen LogP contribution is -2.42. The highest BCUT2D eigenvalue weighted by Gasteiger charge is 2.32. The van der Waals surface area contributed by atoms with Crippen molar-refractivity contribution in [2.75, 3.05) is 13.3 Å². The van der Waals surface area contributed by atoms with Crippen molar-refractivity contribution >= 4 is 15.9 Å². The average molecular weight is 389 g/mol. The zero-order valence-corrected chi connectivity index (χ0v) is 17.4. The Morgan fingerprint density at radius 3 is 2.26 bits per heavy atom. The van der Waals surface area contributed by atoms with Gasteiger partial charge in [0.05, 0.1) is 12.3 Å². The van der Waals surface area contributed by atoms with Crippen molar-refractivity contribution in [3.05, 3.63) is 70.8 Å². The molecule has 0 aliphatic heterocycles. The SMILES string of the molecule is CC[C@H](NC(=O)[C@@H](c1ccccc1)N(C)S(C)(=O)=O)c1ccc(C)cc1C. The highest BCUT2D eigenvalue weighted by atomic mass is 32.2. The van der Waals surface area contributed by atoms with Crippen LogP contribution in [0.5, 0.6) is 0 Å². The number of carbonyl (C=O) groups excluding carboxylic acids is 1. The fraction of sp³-hybridized carbons (Fsp3) is 0.381. The quantitative estimate of drug-likeness (QED) is 0.789. The fourth-order valence-electron chi connectivity index (χ4n) is 3.22. The van der Waals surface area contributed by atoms with Crippen molar-refractivity contribution < 1.29 is 13.2 Å². The third kappa shape index (κ3) is 5.17. The van der Waals surface area contributed by atoms with Gasteiger partial charge in [0.1, 0.15) is 6.04 Å². The highest BCUT2D eigenvalue weighted by Crippen LogP contribution is 2.26. The van der Waals surface area contributed by atoms with E-state index in [1.165, 1.54) is 7.05 Å². The number of rotatable bonds is 7. The van der Waals surface area contributed by atoms with Gasteiger partial charge in [-0.15, -0.1) is 0 Å². The second-order valence-electron chi connectivity index (χ2n) is 6.92. The maximum Gasteiger partial charge on any atom is 0.243 e. The van der Waals surface area contributed by atoms with E-state index in [4.69, 9.17) is 0 Å². The van der Waals surface area contributed by atoms with E-state index >= 15 is 0 Å². The van der Waals surface area contributed by atoms with Gasteiger partial charge >= 0.3 is 0 Å². The fourth-order valence-corrected chi connectivity index (χ4v) is 3.82. The third-order valence-electron chi connectivity index (χ3n) is 4.78. The molecule has 2 atom stereocenters. The van der Waals surface area contributed by atoms with Gasteiger partial charge in [-0.2, -0.15) is 4.31 Å². The first-order chi connectivity index (χ1) is 12.6. The van der Waals surface area contributed by atoms with E-state index in [1.807, 2.05) is 39.0 Å². The predicted molar refractivity (Wildman–Crippen MR) is 109 cm³/mol. The van der Waals surface area contributed by atoms with Crippen molar-refractivity contribution in [3.8, 4) is 0 Å². The number of benzene rings is 2. The molecule has 0 aliphatic carbocycles. The number of nitrogens with one attached hydrogen (secondary N) is 1. The summed E-state index contributed by atoms with van der Waals surface area (Å²) in [5.74, 6) is -0.332. The van der Waals surface area contributed by atoms with Crippen LogP contribution < -0.4 is 5.32 Å². The Hall–Kier alpha value is -2.18. The normalized spacial score (nSPS) is 14.0. The van der Waals surface area contributed by atoms with Crippen LogP contribution in [-0.2, 0) is 14.8 Å². The van der Waals surface area contributed by atoms with Crippen LogP contribution in [0.1, 0.15) is 47.7 Å². The summed E-state index contributed by atoms with van der Waals surface area (Å²) < 4.78 is 25.3. The van der Waals surface area contributed by atoms with E-state index in [0.717, 1.165) is 27.3 Å². The first-order valence-electron chi connectivity index (χ1n) is 9.00. The maximum atomic E-state index is 13.1. The zero-order valence-electron chi connectivity index (χ0n) is 16.6. The van der Waals surface area contributed by atoms with Gasteiger partial charge < -0.3 is 5.32 Å². The molecule has 2 rings (SSSR count). The summed E-state index contributed by atoms with van der Waals surface area (Å²) in [4.78, 5) is 13.1. The molecule has 2 aromatic carbocycles. The second-order valence-corrected chi connectivity index (χ2v) is 8.96. The molecular formula is C21H28N2O3S. The van der Waals surface area contributed by atoms with Crippen LogP contribution in [0.2, 0.25) is 0 Å². The van der Waals surface area contributed by atoms with Gasteiger partial charge in [0.15, 0.2) is 0 Å². The summed E-state index contributed by atoms with van der Waals surface area (Å²) in [7, 11) is -2.11. The van der Waals surface area contributed by atoms with E-state index < -0.39 is 16.1 Å². The van der Waals surface area contributed by atoms with Gasteiger partial charge in [0.25, 0.3) is 0 Å². The van der Waals surface area contributed by atoms with Crippen molar-refractivity contribution in [2.24, 2.45) is 0 Å². The van der Waals surface area contributed by atoms with Crippen molar-refractivity contribution in [3.63, 3.8) is 0 Å². The lowest BCUT2D eigenvalue weighted by atomic mass is 9.96. The van der Waals surface area contributed by atoms with Crippen molar-refractivity contribution in [1.82, 2.24) is 9.62 Å². The largest absolute Gasteiger partial charge is 0.348 e. The summed E-state index contributed by atoms with van der Waals surface area (Å²) >= 11 is 0. The number of hydrogen-bond acceptors (Lipinski definition) is 3. The Kier molecular flexibility index (Phi) is 6.78. The third-order valence-corrected chi connectivity index (χ3v) is 6.03. The first-order valence-corrected chi connectivity index (χ1v) is 10.9. The molecule has 0 aliphatic rings. The van der Waals surface area contributed by atoms with Gasteiger partial charge in [0.2, 0.25) is 15.9 Å². The van der Waals surface area contributed by atoms with E-state index in [9.17, 15) is 13.2 Å². The number of hydrogen-bond donors (Lipinski definition) is 1. The van der Waals surface area contributed by atoms with Crippen molar-refractivity contribution in [1.29, 1.82) is 0 Å². The number of amides is 1. The van der Waals surface area contributed by atoms with E-state index in [1.54, 1.807) is 24.3 Å². The Bertz CT molecular complexity index is 895. The Morgan fingerprint density at radius 2 is 1.74 bits per heavy atom. The van der Waals surface area contributed by atoms with Crippen molar-refractivity contribution in [2.45, 2.75) is 39.3 Å². The Labute approximate surface area is 162 Å². The molecule has 0 radical (unpaired) electrons. The molecule has 0 bridgehead atoms. The number of carbonyl (C=O) groups is 1. The van der Waals surface area contributed by atoms with Gasteiger partial charge in [0, 0.05) is 7.05 Å². The summed E-state index contributed by atoms with van der Waals surface area (Å²) in [6.45, 7) is 6.05. The summed E-state index contributed by atoms with van der Waals surface area (Å²) in [6.07, 6.45) is 1.82. The number of likely N-dealkylation sites (N-methyl/N-ethyl adjacent to an activating group) is 1. The van der Waals surface area contributed by atoms with Crippen LogP contribution >= 0.6 is 0 Å². The first kappa shape index (κ1) is 21.1. The molecule has 0 aromatic heterocycles. The van der Waals surface area contributed by atoms with Crippen LogP contribution in [0.15, 0.2) is 48.5 Å². The molecule has 0 saturated carbocycles. The molecule has 1 N–H and O–H groups in total. The summed E-state index contributed by atoms with van der Waals surface area (Å²) in [5.41, 5.74) is 3.95. The average Bonchev–Trinajstić information content (AvgIpc) is 2.60. The minimum absolute atomic E-state index is 0.183. The van der Waals surface area contributed by atoms with E-state index in [0.29, 0.717) is 12.0 Å². The lowest BCUT2D eigenvalue weighted by molar-refractivity contribution is -0.125. The molecule has 0 spiro atoms. The van der Waals surface area contributed by atoms with Gasteiger partial charge in [-0.05, 0) is 37.0 Å². The predicted octanol–water partition coefficient (Wildman–Crippen LogP) is 3.50. The standard InChI is InChI=1S/C21H28N2O3S/c1-6-19(18-13-12-15(2)14-16(18)3)22-21(24)20(23(4)27(5,25)26)17-10-8-7-9-11-17/h7-14,19-20H,6H2,1-5H3,(H,22,24)/t19-,20+/m0/s1. The van der Waals surface area contributed by atoms with Crippen LogP contribution in [0.25, 0.3) is 0 Å². The molecular weight excluding hydrogens is 360 g/mol. The molecule has 5 nitrogen and oxygen atoms in total. The molecule has 1 amide bonds. The number of aryl methyl sites for hydroxylation is 2. The van der Waals surface area contributed by atoms with Crippen LogP contribution in [0.3, 0.4) is 0 Å². The second kappa shape index (κ2) is 8.67. The zero-order chi connectivity index (χ0) is 20.2. The minimum atomic E-state index is -3.54. The van der Waals surface area contributed by atoms with E-state index in [2.05, 4.69) is 11.4 Å². The van der Waals surface area contributed by atoms with Crippen LogP contribution in [-0.4, -0.2) is 31.9 Å². The molecule has 27 heavy (non-hydrogen) atoms. The number of sulfonamides is 1. The minimum Gasteiger partial charge on any atom is -0.348 e. The molecule has 0 saturated heterocycles. The molecule has 0 fully saturated rings. The molecule has 146 valence electrons. The van der Waals surface area contributed by atoms with Gasteiger partial charge in [-0.25, -0.2) is 8.42 Å². The summed E-state index contributed by atoms with van der Waals surface area (Å²) in [6, 6.07) is 14.0. The highest BCUT2D eigenvalue weighted by molar-refractivity contribution is 7.88. The van der Waals surface area contributed by atoms with E-state index in [-0.39, 0.29) is 11.9 Å². The number of nitrogens with zero attached hydrogens (tertiary/aromatic N) is 1. The topological polar surface area (TPSA) is 66.5 Å². The molecule has 6 heteroatoms. The smallest absolute Gasteiger partial charge is 0.243 e. The monoisotopic (exact) mass is 388 g/mol. The Balaban J connectivity index is 2.37.